The van der Waals surface area contributed by atoms with E-state index in [0.29, 0.717) is 24.2 Å². The molecule has 126 valence electrons. The smallest absolute Gasteiger partial charge is 0.337 e. The van der Waals surface area contributed by atoms with Gasteiger partial charge in [0.25, 0.3) is 0 Å². The molecule has 0 aromatic heterocycles. The van der Waals surface area contributed by atoms with Crippen molar-refractivity contribution in [3.8, 4) is 0 Å². The third-order valence-electron chi connectivity index (χ3n) is 4.13. The average molecular weight is 320 g/mol. The Hall–Kier alpha value is -1.92. The van der Waals surface area contributed by atoms with E-state index < -0.39 is 5.97 Å². The van der Waals surface area contributed by atoms with Gasteiger partial charge in [-0.15, -0.1) is 0 Å². The molecule has 1 aliphatic rings. The number of ether oxygens (including phenoxy) is 1. The highest BCUT2D eigenvalue weighted by Crippen LogP contribution is 2.19. The monoisotopic (exact) mass is 320 g/mol. The predicted octanol–water partition coefficient (Wildman–Crippen LogP) is 1.65. The van der Waals surface area contributed by atoms with Gasteiger partial charge >= 0.3 is 5.97 Å². The lowest BCUT2D eigenvalue weighted by Crippen LogP contribution is -2.44. The first kappa shape index (κ1) is 17.4. The maximum atomic E-state index is 12.2. The number of carbonyl (C=O) groups excluding carboxylic acids is 2. The fraction of sp³-hybridized carbons (Fsp3) is 0.529. The number of methoxy groups -OCH3 is 1. The van der Waals surface area contributed by atoms with Crippen LogP contribution in [0.25, 0.3) is 0 Å². The van der Waals surface area contributed by atoms with Gasteiger partial charge in [0.05, 0.1) is 19.2 Å². The molecule has 1 amide bonds. The Morgan fingerprint density at radius 3 is 2.96 bits per heavy atom. The Morgan fingerprint density at radius 2 is 2.22 bits per heavy atom. The lowest BCUT2D eigenvalue weighted by atomic mass is 9.99. The van der Waals surface area contributed by atoms with Crippen LogP contribution in [0.4, 0.5) is 5.69 Å². The summed E-state index contributed by atoms with van der Waals surface area (Å²) in [6.45, 7) is 1.32. The number of nitrogens with zero attached hydrogens (tertiary/aromatic N) is 1. The van der Waals surface area contributed by atoms with Crippen LogP contribution >= 0.6 is 0 Å². The van der Waals surface area contributed by atoms with Gasteiger partial charge in [0.2, 0.25) is 5.91 Å². The minimum Gasteiger partial charge on any atom is -0.465 e. The van der Waals surface area contributed by atoms with Gasteiger partial charge in [0, 0.05) is 18.3 Å². The van der Waals surface area contributed by atoms with E-state index in [1.165, 1.54) is 7.11 Å². The summed E-state index contributed by atoms with van der Waals surface area (Å²) in [5.41, 5.74) is 0.982. The quantitative estimate of drug-likeness (QED) is 0.779. The second kappa shape index (κ2) is 8.64. The molecule has 1 aromatic carbocycles. The molecule has 1 aliphatic heterocycles. The predicted molar refractivity (Wildman–Crippen MR) is 87.3 cm³/mol. The zero-order chi connectivity index (χ0) is 16.7. The van der Waals surface area contributed by atoms with Gasteiger partial charge in [0.1, 0.15) is 0 Å². The number of piperidine rings is 1. The van der Waals surface area contributed by atoms with E-state index in [-0.39, 0.29) is 18.6 Å². The highest BCUT2D eigenvalue weighted by Gasteiger charge is 2.23. The molecule has 1 atom stereocenters. The van der Waals surface area contributed by atoms with E-state index in [2.05, 4.69) is 15.0 Å². The second-order valence-electron chi connectivity index (χ2n) is 5.75. The summed E-state index contributed by atoms with van der Waals surface area (Å²) < 4.78 is 4.68. The Balaban J connectivity index is 1.94. The van der Waals surface area contributed by atoms with Crippen LogP contribution in [-0.4, -0.2) is 54.7 Å². The van der Waals surface area contributed by atoms with Gasteiger partial charge in [-0.05, 0) is 44.0 Å². The Kier molecular flexibility index (Phi) is 6.55. The number of carbonyl (C=O) groups is 2. The number of likely N-dealkylation sites (tertiary alicyclic amines) is 1. The molecule has 1 unspecified atom stereocenters. The van der Waals surface area contributed by atoms with E-state index in [9.17, 15) is 9.59 Å². The second-order valence-corrected chi connectivity index (χ2v) is 5.75. The fourth-order valence-electron chi connectivity index (χ4n) is 2.97. The van der Waals surface area contributed by atoms with Crippen molar-refractivity contribution in [1.29, 1.82) is 0 Å². The molecule has 23 heavy (non-hydrogen) atoms. The number of aliphatic hydroxyl groups is 1. The summed E-state index contributed by atoms with van der Waals surface area (Å²) in [6, 6.07) is 6.96. The van der Waals surface area contributed by atoms with E-state index in [0.717, 1.165) is 25.8 Å². The van der Waals surface area contributed by atoms with Crippen LogP contribution in [-0.2, 0) is 9.53 Å². The maximum Gasteiger partial charge on any atom is 0.337 e. The number of rotatable bonds is 6. The van der Waals surface area contributed by atoms with Gasteiger partial charge in [-0.2, -0.15) is 0 Å². The lowest BCUT2D eigenvalue weighted by Gasteiger charge is -2.34. The Bertz CT molecular complexity index is 545. The molecule has 0 spiro atoms. The van der Waals surface area contributed by atoms with Crippen molar-refractivity contribution in [3.63, 3.8) is 0 Å². The van der Waals surface area contributed by atoms with Crippen LogP contribution in [0.1, 0.15) is 36.0 Å². The zero-order valence-electron chi connectivity index (χ0n) is 13.5. The first-order chi connectivity index (χ1) is 11.1. The molecule has 6 heteroatoms. The van der Waals surface area contributed by atoms with Gasteiger partial charge in [0.15, 0.2) is 0 Å². The zero-order valence-corrected chi connectivity index (χ0v) is 13.5. The number of aliphatic hydroxyl groups excluding tert-OH is 1. The number of anilines is 1. The summed E-state index contributed by atoms with van der Waals surface area (Å²) in [6.07, 6.45) is 3.94. The SMILES string of the molecule is COC(=O)c1cccc(NC(=O)CN2CCCCC2CCO)c1. The van der Waals surface area contributed by atoms with Crippen molar-refractivity contribution in [3.05, 3.63) is 29.8 Å². The highest BCUT2D eigenvalue weighted by molar-refractivity contribution is 5.95. The summed E-state index contributed by atoms with van der Waals surface area (Å²) in [5, 5.41) is 12.0. The summed E-state index contributed by atoms with van der Waals surface area (Å²) in [4.78, 5) is 25.9. The topological polar surface area (TPSA) is 78.9 Å². The van der Waals surface area contributed by atoms with Gasteiger partial charge in [-0.1, -0.05) is 12.5 Å². The maximum absolute atomic E-state index is 12.2. The van der Waals surface area contributed by atoms with Crippen molar-refractivity contribution in [2.24, 2.45) is 0 Å². The fourth-order valence-corrected chi connectivity index (χ4v) is 2.97. The Morgan fingerprint density at radius 1 is 1.39 bits per heavy atom. The van der Waals surface area contributed by atoms with Crippen molar-refractivity contribution >= 4 is 17.6 Å². The molecular weight excluding hydrogens is 296 g/mol. The number of hydrogen-bond acceptors (Lipinski definition) is 5. The number of amides is 1. The third-order valence-corrected chi connectivity index (χ3v) is 4.13. The van der Waals surface area contributed by atoms with E-state index >= 15 is 0 Å². The van der Waals surface area contributed by atoms with Crippen molar-refractivity contribution in [1.82, 2.24) is 4.90 Å². The van der Waals surface area contributed by atoms with Crippen molar-refractivity contribution in [2.75, 3.05) is 32.1 Å². The molecule has 2 N–H and O–H groups in total. The molecule has 0 aliphatic carbocycles. The molecule has 0 bridgehead atoms. The van der Waals surface area contributed by atoms with E-state index in [4.69, 9.17) is 5.11 Å². The van der Waals surface area contributed by atoms with Crippen LogP contribution in [0.15, 0.2) is 24.3 Å². The largest absolute Gasteiger partial charge is 0.465 e. The van der Waals surface area contributed by atoms with E-state index in [1.807, 2.05) is 0 Å². The highest BCUT2D eigenvalue weighted by atomic mass is 16.5. The molecule has 2 rings (SSSR count). The van der Waals surface area contributed by atoms with Crippen LogP contribution in [0.2, 0.25) is 0 Å². The van der Waals surface area contributed by atoms with Crippen LogP contribution < -0.4 is 5.32 Å². The Labute approximate surface area is 136 Å². The van der Waals surface area contributed by atoms with Crippen LogP contribution in [0.3, 0.4) is 0 Å². The minimum absolute atomic E-state index is 0.114. The third kappa shape index (κ3) is 5.04. The van der Waals surface area contributed by atoms with Gasteiger partial charge in [-0.3, -0.25) is 9.69 Å². The molecule has 0 radical (unpaired) electrons. The lowest BCUT2D eigenvalue weighted by molar-refractivity contribution is -0.118. The van der Waals surface area contributed by atoms with Crippen LogP contribution in [0.5, 0.6) is 0 Å². The first-order valence-corrected chi connectivity index (χ1v) is 7.97. The summed E-state index contributed by atoms with van der Waals surface area (Å²) in [7, 11) is 1.32. The summed E-state index contributed by atoms with van der Waals surface area (Å²) >= 11 is 0. The van der Waals surface area contributed by atoms with Gasteiger partial charge < -0.3 is 15.2 Å². The number of benzene rings is 1. The average Bonchev–Trinajstić information content (AvgIpc) is 2.56. The number of nitrogens with one attached hydrogen (secondary N) is 1. The standard InChI is InChI=1S/C17H24N2O4/c1-23-17(22)13-5-4-6-14(11-13)18-16(21)12-19-9-3-2-7-15(19)8-10-20/h4-6,11,15,20H,2-3,7-10,12H2,1H3,(H,18,21). The normalized spacial score (nSPS) is 18.4. The van der Waals surface area contributed by atoms with Crippen LogP contribution in [0, 0.1) is 0 Å². The molecule has 1 fully saturated rings. The number of hydrogen-bond donors (Lipinski definition) is 2. The minimum atomic E-state index is -0.430. The molecular formula is C17H24N2O4. The molecule has 1 heterocycles. The molecule has 1 aromatic rings. The van der Waals surface area contributed by atoms with E-state index in [1.54, 1.807) is 24.3 Å². The summed E-state index contributed by atoms with van der Waals surface area (Å²) in [5.74, 6) is -0.544. The molecule has 6 nitrogen and oxygen atoms in total. The first-order valence-electron chi connectivity index (χ1n) is 7.97. The van der Waals surface area contributed by atoms with Crippen molar-refractivity contribution in [2.45, 2.75) is 31.7 Å². The molecule has 1 saturated heterocycles. The number of esters is 1. The van der Waals surface area contributed by atoms with Gasteiger partial charge in [-0.25, -0.2) is 4.79 Å². The van der Waals surface area contributed by atoms with Crippen molar-refractivity contribution < 1.29 is 19.4 Å². The molecule has 0 saturated carbocycles.